The highest BCUT2D eigenvalue weighted by Gasteiger charge is 2.23. The highest BCUT2D eigenvalue weighted by molar-refractivity contribution is 5.98. The quantitative estimate of drug-likeness (QED) is 0.733. The lowest BCUT2D eigenvalue weighted by Crippen LogP contribution is -3.14. The van der Waals surface area contributed by atoms with Gasteiger partial charge in [-0.1, -0.05) is 48.5 Å². The summed E-state index contributed by atoms with van der Waals surface area (Å²) >= 11 is 0. The molecule has 2 aromatic rings. The summed E-state index contributed by atoms with van der Waals surface area (Å²) in [6.07, 6.45) is 4.33. The number of hydrogen-bond acceptors (Lipinski definition) is 3. The molecule has 2 aromatic carbocycles. The number of nitrogens with zero attached hydrogens (tertiary/aromatic N) is 1. The van der Waals surface area contributed by atoms with E-state index >= 15 is 0 Å². The summed E-state index contributed by atoms with van der Waals surface area (Å²) in [5, 5.41) is 2.71. The van der Waals surface area contributed by atoms with Crippen LogP contribution in [0.1, 0.15) is 15.9 Å². The second kappa shape index (κ2) is 10.4. The smallest absolute Gasteiger partial charge is 0.255 e. The highest BCUT2D eigenvalue weighted by Crippen LogP contribution is 2.16. The van der Waals surface area contributed by atoms with Crippen molar-refractivity contribution in [2.45, 2.75) is 0 Å². The normalized spacial score (nSPS) is 14.7. The summed E-state index contributed by atoms with van der Waals surface area (Å²) in [5.41, 5.74) is 1.63. The zero-order valence-electron chi connectivity index (χ0n) is 16.8. The van der Waals surface area contributed by atoms with Crippen LogP contribution in [0.2, 0.25) is 0 Å². The molecule has 0 radical (unpaired) electrons. The molecule has 2 N–H and O–H groups in total. The van der Waals surface area contributed by atoms with Crippen LogP contribution in [-0.4, -0.2) is 63.1 Å². The molecule has 0 unspecified atom stereocenters. The maximum absolute atomic E-state index is 12.5. The third kappa shape index (κ3) is 5.93. The van der Waals surface area contributed by atoms with Gasteiger partial charge in [0.2, 0.25) is 5.91 Å². The van der Waals surface area contributed by atoms with E-state index < -0.39 is 0 Å². The van der Waals surface area contributed by atoms with E-state index in [1.165, 1.54) is 17.6 Å². The topological polar surface area (TPSA) is 63.1 Å². The molecule has 6 nitrogen and oxygen atoms in total. The van der Waals surface area contributed by atoms with Gasteiger partial charge in [-0.2, -0.15) is 0 Å². The molecule has 1 aliphatic rings. The summed E-state index contributed by atoms with van der Waals surface area (Å²) in [6, 6.07) is 17.2. The molecule has 0 aromatic heterocycles. The highest BCUT2D eigenvalue weighted by atomic mass is 16.5. The molecule has 6 heteroatoms. The molecule has 0 bridgehead atoms. The Balaban J connectivity index is 1.40. The number of amides is 2. The van der Waals surface area contributed by atoms with Gasteiger partial charge in [0, 0.05) is 0 Å². The molecule has 2 amide bonds. The van der Waals surface area contributed by atoms with Crippen LogP contribution in [0, 0.1) is 0 Å². The molecule has 1 aliphatic heterocycles. The predicted octanol–water partition coefficient (Wildman–Crippen LogP) is 0.866. The van der Waals surface area contributed by atoms with Crippen molar-refractivity contribution in [2.75, 3.05) is 46.4 Å². The van der Waals surface area contributed by atoms with Gasteiger partial charge in [0.25, 0.3) is 5.91 Å². The molecule has 0 aliphatic carbocycles. The largest absolute Gasteiger partial charge is 0.496 e. The molecular formula is C23H28N3O3+. The fourth-order valence-corrected chi connectivity index (χ4v) is 3.40. The summed E-state index contributed by atoms with van der Waals surface area (Å²) in [6.45, 7) is 4.17. The second-order valence-electron chi connectivity index (χ2n) is 7.03. The molecular weight excluding hydrogens is 366 g/mol. The van der Waals surface area contributed by atoms with Crippen LogP contribution in [0.3, 0.4) is 0 Å². The molecule has 0 saturated carbocycles. The molecule has 1 saturated heterocycles. The number of benzene rings is 2. The van der Waals surface area contributed by atoms with Crippen LogP contribution >= 0.6 is 0 Å². The number of carbonyl (C=O) groups excluding carboxylic acids is 2. The lowest BCUT2D eigenvalue weighted by molar-refractivity contribution is -0.898. The molecule has 0 atom stereocenters. The van der Waals surface area contributed by atoms with Gasteiger partial charge in [0.05, 0.1) is 51.9 Å². The minimum Gasteiger partial charge on any atom is -0.496 e. The fraction of sp³-hybridized carbons (Fsp3) is 0.304. The first-order chi connectivity index (χ1) is 14.2. The van der Waals surface area contributed by atoms with Gasteiger partial charge >= 0.3 is 0 Å². The fourth-order valence-electron chi connectivity index (χ4n) is 3.40. The van der Waals surface area contributed by atoms with Gasteiger partial charge < -0.3 is 19.9 Å². The SMILES string of the molecule is COc1ccccc1C(=O)NCC(=O)N1CC[NH+](C/C=C/c2ccccc2)CC1. The molecule has 0 spiro atoms. The van der Waals surface area contributed by atoms with E-state index in [0.29, 0.717) is 24.4 Å². The Kier molecular flexibility index (Phi) is 7.41. The van der Waals surface area contributed by atoms with Crippen molar-refractivity contribution in [2.24, 2.45) is 0 Å². The average molecular weight is 394 g/mol. The standard InChI is InChI=1S/C23H27N3O3/c1-29-21-12-6-5-11-20(21)23(28)24-18-22(27)26-16-14-25(15-17-26)13-7-10-19-8-3-2-4-9-19/h2-12H,13-18H2,1H3,(H,24,28)/p+1/b10-7+. The molecule has 29 heavy (non-hydrogen) atoms. The van der Waals surface area contributed by atoms with Gasteiger partial charge in [-0.05, 0) is 23.8 Å². The first-order valence-corrected chi connectivity index (χ1v) is 9.91. The van der Waals surface area contributed by atoms with Crippen molar-refractivity contribution in [3.8, 4) is 5.75 Å². The molecule has 152 valence electrons. The maximum Gasteiger partial charge on any atom is 0.255 e. The van der Waals surface area contributed by atoms with Crippen molar-refractivity contribution in [3.05, 3.63) is 71.8 Å². The minimum absolute atomic E-state index is 0.000124. The number of quaternary nitrogens is 1. The summed E-state index contributed by atoms with van der Waals surface area (Å²) in [5.74, 6) is 0.149. The van der Waals surface area contributed by atoms with Crippen LogP contribution in [-0.2, 0) is 4.79 Å². The molecule has 1 fully saturated rings. The lowest BCUT2D eigenvalue weighted by Gasteiger charge is -2.31. The first kappa shape index (κ1) is 20.6. The van der Waals surface area contributed by atoms with Gasteiger partial charge in [-0.25, -0.2) is 0 Å². The van der Waals surface area contributed by atoms with Gasteiger partial charge in [0.1, 0.15) is 5.75 Å². The van der Waals surface area contributed by atoms with Crippen molar-refractivity contribution in [1.29, 1.82) is 0 Å². The second-order valence-corrected chi connectivity index (χ2v) is 7.03. The Bertz CT molecular complexity index is 843. The number of carbonyl (C=O) groups is 2. The minimum atomic E-state index is -0.300. The Morgan fingerprint density at radius 2 is 1.76 bits per heavy atom. The predicted molar refractivity (Wildman–Crippen MR) is 113 cm³/mol. The monoisotopic (exact) mass is 394 g/mol. The third-order valence-corrected chi connectivity index (χ3v) is 5.09. The maximum atomic E-state index is 12.5. The van der Waals surface area contributed by atoms with Crippen LogP contribution < -0.4 is 15.0 Å². The third-order valence-electron chi connectivity index (χ3n) is 5.09. The lowest BCUT2D eigenvalue weighted by atomic mass is 10.2. The number of methoxy groups -OCH3 is 1. The summed E-state index contributed by atoms with van der Waals surface area (Å²) in [7, 11) is 1.52. The number of piperazine rings is 1. The van der Waals surface area contributed by atoms with Crippen LogP contribution in [0.25, 0.3) is 6.08 Å². The Hall–Kier alpha value is -3.12. The van der Waals surface area contributed by atoms with E-state index in [4.69, 9.17) is 4.74 Å². The van der Waals surface area contributed by atoms with Crippen molar-refractivity contribution < 1.29 is 19.2 Å². The first-order valence-electron chi connectivity index (χ1n) is 9.91. The van der Waals surface area contributed by atoms with E-state index in [1.807, 2.05) is 23.1 Å². The summed E-state index contributed by atoms with van der Waals surface area (Å²) < 4.78 is 5.20. The van der Waals surface area contributed by atoms with E-state index in [2.05, 4.69) is 29.6 Å². The number of nitrogens with one attached hydrogen (secondary N) is 2. The van der Waals surface area contributed by atoms with Crippen LogP contribution in [0.4, 0.5) is 0 Å². The van der Waals surface area contributed by atoms with E-state index in [1.54, 1.807) is 24.3 Å². The number of hydrogen-bond donors (Lipinski definition) is 2. The zero-order valence-corrected chi connectivity index (χ0v) is 16.8. The van der Waals surface area contributed by atoms with E-state index in [-0.39, 0.29) is 18.4 Å². The van der Waals surface area contributed by atoms with Crippen molar-refractivity contribution in [3.63, 3.8) is 0 Å². The number of para-hydroxylation sites is 1. The van der Waals surface area contributed by atoms with Crippen LogP contribution in [0.15, 0.2) is 60.7 Å². The Morgan fingerprint density at radius 3 is 2.48 bits per heavy atom. The number of rotatable bonds is 7. The Morgan fingerprint density at radius 1 is 1.07 bits per heavy atom. The van der Waals surface area contributed by atoms with Gasteiger partial charge in [0.15, 0.2) is 0 Å². The molecule has 1 heterocycles. The number of ether oxygens (including phenoxy) is 1. The Labute approximate surface area is 171 Å². The molecule has 3 rings (SSSR count). The summed E-state index contributed by atoms with van der Waals surface area (Å²) in [4.78, 5) is 28.1. The van der Waals surface area contributed by atoms with E-state index in [9.17, 15) is 9.59 Å². The van der Waals surface area contributed by atoms with Gasteiger partial charge in [-0.3, -0.25) is 9.59 Å². The van der Waals surface area contributed by atoms with Crippen molar-refractivity contribution in [1.82, 2.24) is 10.2 Å². The van der Waals surface area contributed by atoms with Crippen LogP contribution in [0.5, 0.6) is 5.75 Å². The average Bonchev–Trinajstić information content (AvgIpc) is 2.78. The van der Waals surface area contributed by atoms with E-state index in [0.717, 1.165) is 19.6 Å². The van der Waals surface area contributed by atoms with Gasteiger partial charge in [-0.15, -0.1) is 0 Å². The van der Waals surface area contributed by atoms with Crippen molar-refractivity contribution >= 4 is 17.9 Å². The zero-order chi connectivity index (χ0) is 20.5.